The third-order valence-electron chi connectivity index (χ3n) is 4.74. The SMILES string of the molecule is COc1ccc(NC(=O)C[C@H]2Cn3ncc(-c4ccccc4)c3NC2=O)cc1. The Labute approximate surface area is 162 Å². The second-order valence-electron chi connectivity index (χ2n) is 6.62. The Bertz CT molecular complexity index is 996. The lowest BCUT2D eigenvalue weighted by Crippen LogP contribution is -2.36. The zero-order valence-corrected chi connectivity index (χ0v) is 15.4. The molecule has 4 rings (SSSR count). The summed E-state index contributed by atoms with van der Waals surface area (Å²) in [7, 11) is 1.59. The lowest BCUT2D eigenvalue weighted by molar-refractivity contribution is -0.125. The van der Waals surface area contributed by atoms with Gasteiger partial charge in [0.1, 0.15) is 11.6 Å². The maximum absolute atomic E-state index is 12.6. The molecule has 0 saturated heterocycles. The quantitative estimate of drug-likeness (QED) is 0.716. The highest BCUT2D eigenvalue weighted by atomic mass is 16.5. The number of methoxy groups -OCH3 is 1. The van der Waals surface area contributed by atoms with Crippen molar-refractivity contribution < 1.29 is 14.3 Å². The van der Waals surface area contributed by atoms with Crippen molar-refractivity contribution in [2.45, 2.75) is 13.0 Å². The van der Waals surface area contributed by atoms with E-state index in [-0.39, 0.29) is 18.2 Å². The molecular formula is C21H20N4O3. The smallest absolute Gasteiger partial charge is 0.231 e. The fourth-order valence-electron chi connectivity index (χ4n) is 3.26. The predicted molar refractivity (Wildman–Crippen MR) is 106 cm³/mol. The lowest BCUT2D eigenvalue weighted by Gasteiger charge is -2.24. The summed E-state index contributed by atoms with van der Waals surface area (Å²) >= 11 is 0. The van der Waals surface area contributed by atoms with Gasteiger partial charge in [-0.3, -0.25) is 9.59 Å². The Hall–Kier alpha value is -3.61. The van der Waals surface area contributed by atoms with E-state index in [9.17, 15) is 9.59 Å². The van der Waals surface area contributed by atoms with E-state index in [4.69, 9.17) is 4.74 Å². The van der Waals surface area contributed by atoms with Gasteiger partial charge in [-0.25, -0.2) is 4.68 Å². The number of carbonyl (C=O) groups excluding carboxylic acids is 2. The second-order valence-corrected chi connectivity index (χ2v) is 6.62. The van der Waals surface area contributed by atoms with Crippen LogP contribution in [-0.2, 0) is 16.1 Å². The number of nitrogens with zero attached hydrogens (tertiary/aromatic N) is 2. The molecule has 2 amide bonds. The summed E-state index contributed by atoms with van der Waals surface area (Å²) in [6, 6.07) is 16.8. The summed E-state index contributed by atoms with van der Waals surface area (Å²) in [6.45, 7) is 0.365. The molecule has 0 unspecified atom stereocenters. The molecule has 1 atom stereocenters. The standard InChI is InChI=1S/C21H20N4O3/c1-28-17-9-7-16(8-10-17)23-19(26)11-15-13-25-20(24-21(15)27)18(12-22-25)14-5-3-2-4-6-14/h2-10,12,15H,11,13H2,1H3,(H,23,26)(H,24,27)/t15-/m0/s1. The first-order valence-corrected chi connectivity index (χ1v) is 9.00. The first kappa shape index (κ1) is 17.8. The van der Waals surface area contributed by atoms with Gasteiger partial charge in [-0.15, -0.1) is 0 Å². The molecule has 0 aliphatic carbocycles. The van der Waals surface area contributed by atoms with Crippen LogP contribution in [0.5, 0.6) is 5.75 Å². The van der Waals surface area contributed by atoms with Crippen molar-refractivity contribution in [3.05, 3.63) is 60.8 Å². The molecule has 0 saturated carbocycles. The molecule has 1 aliphatic rings. The number of nitrogens with one attached hydrogen (secondary N) is 2. The van der Waals surface area contributed by atoms with Crippen molar-refractivity contribution in [1.82, 2.24) is 9.78 Å². The van der Waals surface area contributed by atoms with Crippen LogP contribution in [0.3, 0.4) is 0 Å². The number of hydrogen-bond acceptors (Lipinski definition) is 4. The Morgan fingerprint density at radius 2 is 1.96 bits per heavy atom. The van der Waals surface area contributed by atoms with Crippen LogP contribution in [-0.4, -0.2) is 28.7 Å². The van der Waals surface area contributed by atoms with Crippen LogP contribution >= 0.6 is 0 Å². The van der Waals surface area contributed by atoms with Crippen molar-refractivity contribution >= 4 is 23.3 Å². The number of hydrogen-bond donors (Lipinski definition) is 2. The van der Waals surface area contributed by atoms with Crippen molar-refractivity contribution in [2.24, 2.45) is 5.92 Å². The molecule has 2 heterocycles. The van der Waals surface area contributed by atoms with Gasteiger partial charge in [0, 0.05) is 17.7 Å². The van der Waals surface area contributed by atoms with Crippen LogP contribution in [0.25, 0.3) is 11.1 Å². The summed E-state index contributed by atoms with van der Waals surface area (Å²) in [6.07, 6.45) is 1.82. The average molecular weight is 376 g/mol. The number of aromatic nitrogens is 2. The monoisotopic (exact) mass is 376 g/mol. The van der Waals surface area contributed by atoms with Gasteiger partial charge in [0.25, 0.3) is 0 Å². The molecule has 2 aromatic carbocycles. The molecule has 142 valence electrons. The summed E-state index contributed by atoms with van der Waals surface area (Å²) in [5.74, 6) is 0.515. The first-order chi connectivity index (χ1) is 13.6. The van der Waals surface area contributed by atoms with Crippen molar-refractivity contribution in [3.63, 3.8) is 0 Å². The maximum Gasteiger partial charge on any atom is 0.231 e. The van der Waals surface area contributed by atoms with E-state index in [1.165, 1.54) is 0 Å². The first-order valence-electron chi connectivity index (χ1n) is 9.00. The molecular weight excluding hydrogens is 356 g/mol. The third kappa shape index (κ3) is 3.59. The maximum atomic E-state index is 12.6. The van der Waals surface area contributed by atoms with Crippen LogP contribution in [0.15, 0.2) is 60.8 Å². The van der Waals surface area contributed by atoms with Crippen LogP contribution in [0, 0.1) is 5.92 Å². The molecule has 0 radical (unpaired) electrons. The molecule has 2 N–H and O–H groups in total. The van der Waals surface area contributed by atoms with E-state index in [2.05, 4.69) is 15.7 Å². The summed E-state index contributed by atoms with van der Waals surface area (Å²) < 4.78 is 6.85. The van der Waals surface area contributed by atoms with Crippen molar-refractivity contribution in [2.75, 3.05) is 17.7 Å². The summed E-state index contributed by atoms with van der Waals surface area (Å²) in [5, 5.41) is 10.1. The molecule has 28 heavy (non-hydrogen) atoms. The highest BCUT2D eigenvalue weighted by Crippen LogP contribution is 2.31. The molecule has 1 aromatic heterocycles. The minimum atomic E-state index is -0.478. The minimum Gasteiger partial charge on any atom is -0.497 e. The minimum absolute atomic E-state index is 0.0812. The van der Waals surface area contributed by atoms with Crippen LogP contribution in [0.4, 0.5) is 11.5 Å². The molecule has 0 fully saturated rings. The van der Waals surface area contributed by atoms with Gasteiger partial charge in [-0.1, -0.05) is 30.3 Å². The molecule has 0 bridgehead atoms. The van der Waals surface area contributed by atoms with Crippen molar-refractivity contribution in [1.29, 1.82) is 0 Å². The Kier molecular flexibility index (Phi) is 4.80. The van der Waals surface area contributed by atoms with Gasteiger partial charge < -0.3 is 15.4 Å². The topological polar surface area (TPSA) is 85.2 Å². The van der Waals surface area contributed by atoms with E-state index in [1.807, 2.05) is 30.3 Å². The molecule has 3 aromatic rings. The number of rotatable bonds is 5. The highest BCUT2D eigenvalue weighted by molar-refractivity contribution is 6.00. The number of ether oxygens (including phenoxy) is 1. The lowest BCUT2D eigenvalue weighted by atomic mass is 10.0. The van der Waals surface area contributed by atoms with Gasteiger partial charge in [-0.2, -0.15) is 5.10 Å². The van der Waals surface area contributed by atoms with E-state index in [1.54, 1.807) is 42.3 Å². The highest BCUT2D eigenvalue weighted by Gasteiger charge is 2.30. The number of amides is 2. The van der Waals surface area contributed by atoms with Crippen LogP contribution in [0.1, 0.15) is 6.42 Å². The largest absolute Gasteiger partial charge is 0.497 e. The third-order valence-corrected chi connectivity index (χ3v) is 4.74. The van der Waals surface area contributed by atoms with Gasteiger partial charge in [0.2, 0.25) is 11.8 Å². The van der Waals surface area contributed by atoms with E-state index < -0.39 is 5.92 Å². The molecule has 7 heteroatoms. The van der Waals surface area contributed by atoms with E-state index >= 15 is 0 Å². The Morgan fingerprint density at radius 3 is 2.68 bits per heavy atom. The van der Waals surface area contributed by atoms with Crippen LogP contribution < -0.4 is 15.4 Å². The molecule has 7 nitrogen and oxygen atoms in total. The van der Waals surface area contributed by atoms with Crippen LogP contribution in [0.2, 0.25) is 0 Å². The van der Waals surface area contributed by atoms with E-state index in [0.29, 0.717) is 23.8 Å². The average Bonchev–Trinajstić information content (AvgIpc) is 3.12. The van der Waals surface area contributed by atoms with E-state index in [0.717, 1.165) is 11.1 Å². The summed E-state index contributed by atoms with van der Waals surface area (Å²) in [5.41, 5.74) is 2.52. The van der Waals surface area contributed by atoms with Gasteiger partial charge >= 0.3 is 0 Å². The van der Waals surface area contributed by atoms with Gasteiger partial charge in [0.15, 0.2) is 0 Å². The normalized spacial score (nSPS) is 15.5. The van der Waals surface area contributed by atoms with Gasteiger partial charge in [-0.05, 0) is 29.8 Å². The second kappa shape index (κ2) is 7.56. The van der Waals surface area contributed by atoms with Gasteiger partial charge in [0.05, 0.1) is 25.8 Å². The Morgan fingerprint density at radius 1 is 1.21 bits per heavy atom. The fourth-order valence-corrected chi connectivity index (χ4v) is 3.26. The zero-order valence-electron chi connectivity index (χ0n) is 15.4. The number of fused-ring (bicyclic) bond motifs is 1. The fraction of sp³-hybridized carbons (Fsp3) is 0.190. The van der Waals surface area contributed by atoms with Crippen molar-refractivity contribution in [3.8, 4) is 16.9 Å². The zero-order chi connectivity index (χ0) is 19.5. The number of carbonyl (C=O) groups is 2. The molecule has 0 spiro atoms. The summed E-state index contributed by atoms with van der Waals surface area (Å²) in [4.78, 5) is 24.9. The number of anilines is 2. The number of benzene rings is 2. The molecule has 1 aliphatic heterocycles. The predicted octanol–water partition coefficient (Wildman–Crippen LogP) is 3.16. The Balaban J connectivity index is 1.44.